The largest absolute Gasteiger partial charge is 0.481 e. The van der Waals surface area contributed by atoms with Crippen LogP contribution in [0.1, 0.15) is 31.4 Å². The molecule has 5 nitrogen and oxygen atoms in total. The van der Waals surface area contributed by atoms with Crippen molar-refractivity contribution in [2.75, 3.05) is 7.11 Å². The quantitative estimate of drug-likeness (QED) is 0.824. The van der Waals surface area contributed by atoms with E-state index >= 15 is 0 Å². The fourth-order valence-electron chi connectivity index (χ4n) is 2.65. The molecule has 0 aliphatic heterocycles. The van der Waals surface area contributed by atoms with Gasteiger partial charge in [0.25, 0.3) is 0 Å². The molecule has 0 spiro atoms. The lowest BCUT2D eigenvalue weighted by molar-refractivity contribution is -0.140. The number of benzene rings is 2. The van der Waals surface area contributed by atoms with E-state index in [2.05, 4.69) is 5.32 Å². The van der Waals surface area contributed by atoms with Crippen LogP contribution in [0.25, 0.3) is 10.8 Å². The van der Waals surface area contributed by atoms with E-state index in [1.807, 2.05) is 49.4 Å². The minimum atomic E-state index is -0.980. The highest BCUT2D eigenvalue weighted by atomic mass is 16.5. The molecule has 122 valence electrons. The van der Waals surface area contributed by atoms with Crippen molar-refractivity contribution in [1.82, 2.24) is 5.32 Å². The van der Waals surface area contributed by atoms with E-state index in [1.165, 1.54) is 7.11 Å². The zero-order valence-electron chi connectivity index (χ0n) is 13.3. The Bertz CT molecular complexity index is 693. The van der Waals surface area contributed by atoms with Crippen LogP contribution in [0.5, 0.6) is 0 Å². The van der Waals surface area contributed by atoms with Crippen LogP contribution in [0.15, 0.2) is 42.5 Å². The van der Waals surface area contributed by atoms with E-state index in [1.54, 1.807) is 0 Å². The van der Waals surface area contributed by atoms with Crippen LogP contribution in [0, 0.1) is 0 Å². The highest BCUT2D eigenvalue weighted by Gasteiger charge is 2.19. The summed E-state index contributed by atoms with van der Waals surface area (Å²) in [5.41, 5.74) is 1.03. The van der Waals surface area contributed by atoms with Gasteiger partial charge in [0.05, 0.1) is 25.0 Å². The number of hydrogen-bond donors (Lipinski definition) is 2. The van der Waals surface area contributed by atoms with Crippen molar-refractivity contribution >= 4 is 22.6 Å². The summed E-state index contributed by atoms with van der Waals surface area (Å²) in [4.78, 5) is 22.9. The van der Waals surface area contributed by atoms with Crippen molar-refractivity contribution < 1.29 is 19.4 Å². The molecule has 2 aromatic carbocycles. The number of nitrogens with one attached hydrogen (secondary N) is 1. The summed E-state index contributed by atoms with van der Waals surface area (Å²) < 4.78 is 5.05. The van der Waals surface area contributed by atoms with Gasteiger partial charge in [-0.05, 0) is 23.3 Å². The minimum Gasteiger partial charge on any atom is -0.481 e. The number of ether oxygens (including phenoxy) is 1. The van der Waals surface area contributed by atoms with Crippen LogP contribution in [0.3, 0.4) is 0 Å². The average molecular weight is 315 g/mol. The zero-order valence-corrected chi connectivity index (χ0v) is 13.3. The van der Waals surface area contributed by atoms with Crippen LogP contribution in [-0.2, 0) is 14.3 Å². The van der Waals surface area contributed by atoms with Gasteiger partial charge < -0.3 is 15.2 Å². The molecule has 0 fully saturated rings. The molecule has 0 saturated heterocycles. The summed E-state index contributed by atoms with van der Waals surface area (Å²) in [6, 6.07) is 13.8. The lowest BCUT2D eigenvalue weighted by Gasteiger charge is -2.18. The monoisotopic (exact) mass is 315 g/mol. The summed E-state index contributed by atoms with van der Waals surface area (Å²) in [6.45, 7) is 1.92. The van der Waals surface area contributed by atoms with Crippen LogP contribution < -0.4 is 5.32 Å². The Hall–Kier alpha value is -2.40. The van der Waals surface area contributed by atoms with Gasteiger partial charge in [0, 0.05) is 7.11 Å². The third kappa shape index (κ3) is 4.53. The minimum absolute atomic E-state index is 0.0257. The molecule has 0 aliphatic rings. The maximum Gasteiger partial charge on any atom is 0.305 e. The topological polar surface area (TPSA) is 75.6 Å². The molecule has 1 amide bonds. The van der Waals surface area contributed by atoms with Crippen molar-refractivity contribution in [3.63, 3.8) is 0 Å². The number of methoxy groups -OCH3 is 1. The molecule has 2 atom stereocenters. The number of carboxylic acid groups (broad SMARTS) is 1. The first-order valence-electron chi connectivity index (χ1n) is 7.53. The van der Waals surface area contributed by atoms with Gasteiger partial charge in [-0.1, -0.05) is 42.5 Å². The van der Waals surface area contributed by atoms with Crippen molar-refractivity contribution in [3.8, 4) is 0 Å². The summed E-state index contributed by atoms with van der Waals surface area (Å²) in [6.07, 6.45) is -0.781. The Morgan fingerprint density at radius 3 is 2.52 bits per heavy atom. The van der Waals surface area contributed by atoms with E-state index in [0.717, 1.165) is 16.3 Å². The summed E-state index contributed by atoms with van der Waals surface area (Å²) >= 11 is 0. The van der Waals surface area contributed by atoms with Gasteiger partial charge in [-0.25, -0.2) is 0 Å². The third-order valence-electron chi connectivity index (χ3n) is 3.82. The second-order valence-corrected chi connectivity index (χ2v) is 5.52. The number of fused-ring (bicyclic) bond motifs is 1. The number of hydrogen-bond acceptors (Lipinski definition) is 3. The van der Waals surface area contributed by atoms with Gasteiger partial charge in [-0.2, -0.15) is 0 Å². The standard InChI is InChI=1S/C18H21NO4/c1-12(19-17(20)10-14(23-2)11-18(21)22)15-9-5-7-13-6-3-4-8-16(13)15/h3-9,12,14H,10-11H2,1-2H3,(H,19,20)(H,21,22)/t12-,14+/m0/s1. The van der Waals surface area contributed by atoms with E-state index in [0.29, 0.717) is 0 Å². The van der Waals surface area contributed by atoms with Crippen molar-refractivity contribution in [2.24, 2.45) is 0 Å². The molecule has 0 aliphatic carbocycles. The molecule has 2 N–H and O–H groups in total. The highest BCUT2D eigenvalue weighted by Crippen LogP contribution is 2.24. The van der Waals surface area contributed by atoms with E-state index < -0.39 is 12.1 Å². The molecule has 23 heavy (non-hydrogen) atoms. The maximum atomic E-state index is 12.1. The predicted octanol–water partition coefficient (Wildman–Crippen LogP) is 2.90. The number of carbonyl (C=O) groups excluding carboxylic acids is 1. The first-order valence-corrected chi connectivity index (χ1v) is 7.53. The third-order valence-corrected chi connectivity index (χ3v) is 3.82. The molecular weight excluding hydrogens is 294 g/mol. The molecule has 0 saturated carbocycles. The summed E-state index contributed by atoms with van der Waals surface area (Å²) in [7, 11) is 1.41. The summed E-state index contributed by atoms with van der Waals surface area (Å²) in [5, 5.41) is 13.9. The van der Waals surface area contributed by atoms with Crippen LogP contribution in [-0.4, -0.2) is 30.2 Å². The number of amides is 1. The number of carboxylic acids is 1. The second-order valence-electron chi connectivity index (χ2n) is 5.52. The Kier molecular flexibility index (Phi) is 5.71. The molecule has 0 unspecified atom stereocenters. The lowest BCUT2D eigenvalue weighted by atomic mass is 9.99. The van der Waals surface area contributed by atoms with Crippen molar-refractivity contribution in [2.45, 2.75) is 31.9 Å². The molecule has 0 heterocycles. The van der Waals surface area contributed by atoms with Gasteiger partial charge in [0.1, 0.15) is 0 Å². The van der Waals surface area contributed by atoms with Crippen LogP contribution in [0.2, 0.25) is 0 Å². The predicted molar refractivity (Wildman–Crippen MR) is 88.2 cm³/mol. The lowest BCUT2D eigenvalue weighted by Crippen LogP contribution is -2.31. The smallest absolute Gasteiger partial charge is 0.305 e. The van der Waals surface area contributed by atoms with E-state index in [9.17, 15) is 9.59 Å². The molecule has 2 rings (SSSR count). The van der Waals surface area contributed by atoms with Crippen molar-refractivity contribution in [1.29, 1.82) is 0 Å². The van der Waals surface area contributed by atoms with Gasteiger partial charge in [-0.15, -0.1) is 0 Å². The number of carbonyl (C=O) groups is 2. The Balaban J connectivity index is 2.07. The molecular formula is C18H21NO4. The van der Waals surface area contributed by atoms with Gasteiger partial charge in [0.2, 0.25) is 5.91 Å². The first-order chi connectivity index (χ1) is 11.0. The normalized spacial score (nSPS) is 13.5. The van der Waals surface area contributed by atoms with Crippen molar-refractivity contribution in [3.05, 3.63) is 48.0 Å². The fourth-order valence-corrected chi connectivity index (χ4v) is 2.65. The first kappa shape index (κ1) is 17.0. The molecule has 0 radical (unpaired) electrons. The molecule has 0 bridgehead atoms. The van der Waals surface area contributed by atoms with Crippen LogP contribution >= 0.6 is 0 Å². The Morgan fingerprint density at radius 2 is 1.83 bits per heavy atom. The molecule has 0 aromatic heterocycles. The number of rotatable bonds is 7. The highest BCUT2D eigenvalue weighted by molar-refractivity contribution is 5.87. The molecule has 2 aromatic rings. The van der Waals surface area contributed by atoms with E-state index in [4.69, 9.17) is 9.84 Å². The number of aliphatic carboxylic acids is 1. The zero-order chi connectivity index (χ0) is 16.8. The SMILES string of the molecule is CO[C@@H](CC(=O)O)CC(=O)N[C@@H](C)c1cccc2ccccc12. The Morgan fingerprint density at radius 1 is 1.13 bits per heavy atom. The second kappa shape index (κ2) is 7.74. The Labute approximate surface area is 135 Å². The summed E-state index contributed by atoms with van der Waals surface area (Å²) in [5.74, 6) is -1.20. The average Bonchev–Trinajstić information content (AvgIpc) is 2.53. The maximum absolute atomic E-state index is 12.1. The van der Waals surface area contributed by atoms with Crippen LogP contribution in [0.4, 0.5) is 0 Å². The molecule has 5 heteroatoms. The fraction of sp³-hybridized carbons (Fsp3) is 0.333. The van der Waals surface area contributed by atoms with Gasteiger partial charge in [-0.3, -0.25) is 9.59 Å². The van der Waals surface area contributed by atoms with E-state index in [-0.39, 0.29) is 24.8 Å². The van der Waals surface area contributed by atoms with Gasteiger partial charge >= 0.3 is 5.97 Å². The van der Waals surface area contributed by atoms with Gasteiger partial charge in [0.15, 0.2) is 0 Å².